The molecule has 64 valence electrons. The van der Waals surface area contributed by atoms with Gasteiger partial charge in [-0.15, -0.1) is 0 Å². The fourth-order valence-electron chi connectivity index (χ4n) is 1.26. The lowest BCUT2D eigenvalue weighted by Gasteiger charge is -2.40. The van der Waals surface area contributed by atoms with Crippen LogP contribution in [0.5, 0.6) is 0 Å². The number of nitrogens with zero attached hydrogens (tertiary/aromatic N) is 1. The lowest BCUT2D eigenvalue weighted by molar-refractivity contribution is -0.158. The van der Waals surface area contributed by atoms with E-state index in [-0.39, 0.29) is 0 Å². The molecule has 0 aromatic rings. The maximum absolute atomic E-state index is 10.5. The van der Waals surface area contributed by atoms with Gasteiger partial charge in [0.1, 0.15) is 12.3 Å². The molecule has 0 bridgehead atoms. The summed E-state index contributed by atoms with van der Waals surface area (Å²) in [6.07, 6.45) is 0.667. The number of aliphatic hydroxyl groups is 1. The minimum Gasteiger partial charge on any atom is -0.480 e. The van der Waals surface area contributed by atoms with Gasteiger partial charge in [-0.3, -0.25) is 9.69 Å². The van der Waals surface area contributed by atoms with Gasteiger partial charge in [0.2, 0.25) is 0 Å². The van der Waals surface area contributed by atoms with Crippen LogP contribution < -0.4 is 0 Å². The molecular weight excluding hydrogens is 146 g/mol. The molecule has 11 heavy (non-hydrogen) atoms. The van der Waals surface area contributed by atoms with E-state index in [0.717, 1.165) is 0 Å². The second-order valence-corrected chi connectivity index (χ2v) is 2.77. The summed E-state index contributed by atoms with van der Waals surface area (Å²) in [6.45, 7) is 2.54. The van der Waals surface area contributed by atoms with Gasteiger partial charge in [0.15, 0.2) is 0 Å². The first kappa shape index (κ1) is 8.49. The van der Waals surface area contributed by atoms with E-state index >= 15 is 0 Å². The van der Waals surface area contributed by atoms with Crippen LogP contribution in [-0.2, 0) is 4.79 Å². The lowest BCUT2D eigenvalue weighted by atomic mass is 10.0. The van der Waals surface area contributed by atoms with Crippen LogP contribution in [0.3, 0.4) is 0 Å². The van der Waals surface area contributed by atoms with E-state index in [1.807, 2.05) is 6.92 Å². The fraction of sp³-hybridized carbons (Fsp3) is 0.857. The van der Waals surface area contributed by atoms with Crippen molar-refractivity contribution in [2.75, 3.05) is 6.54 Å². The van der Waals surface area contributed by atoms with E-state index in [0.29, 0.717) is 19.4 Å². The highest BCUT2D eigenvalue weighted by Crippen LogP contribution is 2.20. The van der Waals surface area contributed by atoms with E-state index in [2.05, 4.69) is 0 Å². The van der Waals surface area contributed by atoms with E-state index in [4.69, 9.17) is 5.11 Å². The van der Waals surface area contributed by atoms with Gasteiger partial charge in [-0.1, -0.05) is 6.92 Å². The third-order valence-electron chi connectivity index (χ3n) is 2.09. The molecule has 2 atom stereocenters. The standard InChI is InChI=1S/C7H13NO3/c1-2-6(9)8-4-3-5(8)7(10)11/h5-6,9H,2-4H2,1H3,(H,10,11). The first-order valence-electron chi connectivity index (χ1n) is 3.83. The molecule has 0 saturated carbocycles. The Balaban J connectivity index is 2.42. The lowest BCUT2D eigenvalue weighted by Crippen LogP contribution is -2.56. The quantitative estimate of drug-likeness (QED) is 0.602. The SMILES string of the molecule is CCC(O)N1CCC1C(=O)O. The van der Waals surface area contributed by atoms with Gasteiger partial charge in [0, 0.05) is 6.54 Å². The van der Waals surface area contributed by atoms with Crippen LogP contribution in [0.2, 0.25) is 0 Å². The maximum Gasteiger partial charge on any atom is 0.321 e. The minimum atomic E-state index is -0.830. The Morgan fingerprint density at radius 2 is 2.45 bits per heavy atom. The van der Waals surface area contributed by atoms with Crippen LogP contribution in [0.4, 0.5) is 0 Å². The summed E-state index contributed by atoms with van der Waals surface area (Å²) in [5, 5.41) is 17.9. The molecule has 1 fully saturated rings. The molecule has 0 aromatic heterocycles. The first-order chi connectivity index (χ1) is 5.16. The number of hydrogen-bond acceptors (Lipinski definition) is 3. The molecule has 1 heterocycles. The molecule has 1 aliphatic rings. The van der Waals surface area contributed by atoms with Crippen molar-refractivity contribution >= 4 is 5.97 Å². The van der Waals surface area contributed by atoms with Crippen LogP contribution in [0.15, 0.2) is 0 Å². The largest absolute Gasteiger partial charge is 0.480 e. The van der Waals surface area contributed by atoms with Gasteiger partial charge in [-0.2, -0.15) is 0 Å². The van der Waals surface area contributed by atoms with Crippen LogP contribution >= 0.6 is 0 Å². The van der Waals surface area contributed by atoms with Crippen molar-refractivity contribution in [2.24, 2.45) is 0 Å². The monoisotopic (exact) mass is 159 g/mol. The Hall–Kier alpha value is -0.610. The molecule has 4 nitrogen and oxygen atoms in total. The molecule has 2 unspecified atom stereocenters. The highest BCUT2D eigenvalue weighted by atomic mass is 16.4. The summed E-state index contributed by atoms with van der Waals surface area (Å²) >= 11 is 0. The Kier molecular flexibility index (Phi) is 2.46. The number of carboxylic acid groups (broad SMARTS) is 1. The summed E-state index contributed by atoms with van der Waals surface area (Å²) in [6, 6.07) is -0.454. The summed E-state index contributed by atoms with van der Waals surface area (Å²) in [5.41, 5.74) is 0. The number of carbonyl (C=O) groups is 1. The van der Waals surface area contributed by atoms with E-state index in [1.54, 1.807) is 4.90 Å². The maximum atomic E-state index is 10.5. The van der Waals surface area contributed by atoms with Crippen LogP contribution in [0.1, 0.15) is 19.8 Å². The van der Waals surface area contributed by atoms with E-state index < -0.39 is 18.2 Å². The van der Waals surface area contributed by atoms with Crippen molar-refractivity contribution in [1.29, 1.82) is 0 Å². The first-order valence-corrected chi connectivity index (χ1v) is 3.83. The van der Waals surface area contributed by atoms with Crippen molar-refractivity contribution in [3.05, 3.63) is 0 Å². The molecule has 1 aliphatic heterocycles. The second-order valence-electron chi connectivity index (χ2n) is 2.77. The summed E-state index contributed by atoms with van der Waals surface area (Å²) in [4.78, 5) is 12.1. The Morgan fingerprint density at radius 3 is 2.73 bits per heavy atom. The van der Waals surface area contributed by atoms with E-state index in [9.17, 15) is 9.90 Å². The minimum absolute atomic E-state index is 0.454. The van der Waals surface area contributed by atoms with Crippen LogP contribution in [-0.4, -0.2) is 39.9 Å². The average Bonchev–Trinajstić information content (AvgIpc) is 1.83. The number of aliphatic carboxylic acids is 1. The van der Waals surface area contributed by atoms with Crippen molar-refractivity contribution in [3.63, 3.8) is 0 Å². The van der Waals surface area contributed by atoms with Gasteiger partial charge < -0.3 is 10.2 Å². The third-order valence-corrected chi connectivity index (χ3v) is 2.09. The molecule has 0 amide bonds. The second kappa shape index (κ2) is 3.19. The van der Waals surface area contributed by atoms with Crippen molar-refractivity contribution in [3.8, 4) is 0 Å². The summed E-state index contributed by atoms with van der Waals surface area (Å²) < 4.78 is 0. The zero-order valence-electron chi connectivity index (χ0n) is 6.53. The molecule has 1 saturated heterocycles. The Bertz CT molecular complexity index is 160. The number of rotatable bonds is 3. The zero-order chi connectivity index (χ0) is 8.43. The molecule has 0 radical (unpaired) electrons. The molecule has 0 aromatic carbocycles. The topological polar surface area (TPSA) is 60.8 Å². The van der Waals surface area contributed by atoms with Crippen LogP contribution in [0, 0.1) is 0 Å². The highest BCUT2D eigenvalue weighted by Gasteiger charge is 2.37. The molecule has 4 heteroatoms. The normalized spacial score (nSPS) is 27.6. The fourth-order valence-corrected chi connectivity index (χ4v) is 1.26. The van der Waals surface area contributed by atoms with Gasteiger partial charge in [-0.05, 0) is 12.8 Å². The van der Waals surface area contributed by atoms with Gasteiger partial charge in [0.25, 0.3) is 0 Å². The van der Waals surface area contributed by atoms with Crippen LogP contribution in [0.25, 0.3) is 0 Å². The smallest absolute Gasteiger partial charge is 0.321 e. The summed E-state index contributed by atoms with van der Waals surface area (Å²) in [7, 11) is 0. The Morgan fingerprint density at radius 1 is 1.82 bits per heavy atom. The van der Waals surface area contributed by atoms with Crippen molar-refractivity contribution < 1.29 is 15.0 Å². The number of hydrogen-bond donors (Lipinski definition) is 2. The Labute approximate surface area is 65.4 Å². The molecular formula is C7H13NO3. The predicted molar refractivity (Wildman–Crippen MR) is 39.0 cm³/mol. The highest BCUT2D eigenvalue weighted by molar-refractivity contribution is 5.74. The average molecular weight is 159 g/mol. The molecule has 0 spiro atoms. The predicted octanol–water partition coefficient (Wildman–Crippen LogP) is -0.126. The number of aliphatic hydroxyl groups excluding tert-OH is 1. The van der Waals surface area contributed by atoms with Gasteiger partial charge in [-0.25, -0.2) is 0 Å². The summed E-state index contributed by atoms with van der Waals surface area (Å²) in [5.74, 6) is -0.830. The van der Waals surface area contributed by atoms with Crippen molar-refractivity contribution in [1.82, 2.24) is 4.90 Å². The van der Waals surface area contributed by atoms with Crippen molar-refractivity contribution in [2.45, 2.75) is 32.0 Å². The molecule has 2 N–H and O–H groups in total. The molecule has 1 rings (SSSR count). The van der Waals surface area contributed by atoms with Gasteiger partial charge in [0.05, 0.1) is 0 Å². The molecule has 0 aliphatic carbocycles. The van der Waals surface area contributed by atoms with Gasteiger partial charge >= 0.3 is 5.97 Å². The number of likely N-dealkylation sites (tertiary alicyclic amines) is 1. The zero-order valence-corrected chi connectivity index (χ0v) is 6.53. The number of carboxylic acids is 1. The third kappa shape index (κ3) is 1.52. The van der Waals surface area contributed by atoms with E-state index in [1.165, 1.54) is 0 Å².